The van der Waals surface area contributed by atoms with E-state index in [4.69, 9.17) is 0 Å². The third kappa shape index (κ3) is 1.63. The quantitative estimate of drug-likeness (QED) is 0.834. The van der Waals surface area contributed by atoms with Gasteiger partial charge in [0.2, 0.25) is 0 Å². The van der Waals surface area contributed by atoms with Crippen LogP contribution in [0.5, 0.6) is 0 Å². The lowest BCUT2D eigenvalue weighted by Crippen LogP contribution is -2.08. The highest BCUT2D eigenvalue weighted by Crippen LogP contribution is 2.22. The number of rotatable bonds is 3. The second-order valence-corrected chi connectivity index (χ2v) is 3.80. The fourth-order valence-electron chi connectivity index (χ4n) is 1.88. The van der Waals surface area contributed by atoms with Crippen LogP contribution in [-0.4, -0.2) is 14.7 Å². The summed E-state index contributed by atoms with van der Waals surface area (Å²) in [6, 6.07) is 8.38. The number of benzene rings is 1. The summed E-state index contributed by atoms with van der Waals surface area (Å²) in [5.41, 5.74) is 2.07. The fraction of sp³-hybridized carbons (Fsp3) is 0.417. The van der Waals surface area contributed by atoms with E-state index in [0.717, 1.165) is 23.3 Å². The molecule has 1 aromatic heterocycles. The standard InChI is InChI=1S/C12H16N2O/c1-3-9(2)14-11-7-5-4-6-10(11)13-12(14)8-15/h4-7,9,15H,3,8H2,1-2H3/t9-/m0/s1. The van der Waals surface area contributed by atoms with Crippen molar-refractivity contribution in [3.05, 3.63) is 30.1 Å². The van der Waals surface area contributed by atoms with Gasteiger partial charge in [0.1, 0.15) is 12.4 Å². The topological polar surface area (TPSA) is 38.0 Å². The first-order valence-electron chi connectivity index (χ1n) is 5.34. The van der Waals surface area contributed by atoms with Gasteiger partial charge in [-0.05, 0) is 25.5 Å². The molecule has 1 N–H and O–H groups in total. The number of nitrogens with zero attached hydrogens (tertiary/aromatic N) is 2. The monoisotopic (exact) mass is 204 g/mol. The number of hydrogen-bond acceptors (Lipinski definition) is 2. The zero-order chi connectivity index (χ0) is 10.8. The Hall–Kier alpha value is -1.35. The van der Waals surface area contributed by atoms with Gasteiger partial charge < -0.3 is 9.67 Å². The molecule has 3 heteroatoms. The molecule has 2 rings (SSSR count). The molecule has 15 heavy (non-hydrogen) atoms. The Labute approximate surface area is 89.4 Å². The number of aliphatic hydroxyl groups is 1. The van der Waals surface area contributed by atoms with E-state index >= 15 is 0 Å². The van der Waals surface area contributed by atoms with E-state index in [0.29, 0.717) is 6.04 Å². The molecule has 0 aliphatic rings. The number of fused-ring (bicyclic) bond motifs is 1. The van der Waals surface area contributed by atoms with Gasteiger partial charge >= 0.3 is 0 Å². The summed E-state index contributed by atoms with van der Waals surface area (Å²) in [4.78, 5) is 4.41. The third-order valence-electron chi connectivity index (χ3n) is 2.84. The second-order valence-electron chi connectivity index (χ2n) is 3.80. The van der Waals surface area contributed by atoms with Crippen LogP contribution in [0.4, 0.5) is 0 Å². The summed E-state index contributed by atoms with van der Waals surface area (Å²) >= 11 is 0. The minimum absolute atomic E-state index is 0.000972. The van der Waals surface area contributed by atoms with Crippen molar-refractivity contribution in [3.63, 3.8) is 0 Å². The van der Waals surface area contributed by atoms with Crippen LogP contribution in [0.25, 0.3) is 11.0 Å². The molecular weight excluding hydrogens is 188 g/mol. The summed E-state index contributed by atoms with van der Waals surface area (Å²) in [5, 5.41) is 9.28. The highest BCUT2D eigenvalue weighted by molar-refractivity contribution is 5.76. The Morgan fingerprint density at radius 3 is 2.80 bits per heavy atom. The first-order valence-corrected chi connectivity index (χ1v) is 5.34. The minimum Gasteiger partial charge on any atom is -0.388 e. The van der Waals surface area contributed by atoms with Gasteiger partial charge in [0, 0.05) is 6.04 Å². The van der Waals surface area contributed by atoms with Crippen LogP contribution in [0.3, 0.4) is 0 Å². The Kier molecular flexibility index (Phi) is 2.73. The molecule has 1 atom stereocenters. The Bertz CT molecular complexity index is 462. The molecule has 0 saturated heterocycles. The van der Waals surface area contributed by atoms with Crippen LogP contribution < -0.4 is 0 Å². The largest absolute Gasteiger partial charge is 0.388 e. The molecule has 0 saturated carbocycles. The molecule has 2 aromatic rings. The summed E-state index contributed by atoms with van der Waals surface area (Å²) < 4.78 is 2.12. The van der Waals surface area contributed by atoms with Gasteiger partial charge in [-0.2, -0.15) is 0 Å². The zero-order valence-corrected chi connectivity index (χ0v) is 9.14. The molecular formula is C12H16N2O. The van der Waals surface area contributed by atoms with Gasteiger partial charge in [-0.25, -0.2) is 4.98 Å². The second kappa shape index (κ2) is 4.03. The molecule has 0 aliphatic heterocycles. The van der Waals surface area contributed by atoms with E-state index in [1.165, 1.54) is 0 Å². The van der Waals surface area contributed by atoms with E-state index in [2.05, 4.69) is 23.4 Å². The smallest absolute Gasteiger partial charge is 0.135 e. The van der Waals surface area contributed by atoms with Crippen molar-refractivity contribution in [2.75, 3.05) is 0 Å². The van der Waals surface area contributed by atoms with Gasteiger partial charge in [-0.1, -0.05) is 19.1 Å². The summed E-state index contributed by atoms with van der Waals surface area (Å²) in [6.45, 7) is 4.28. The van der Waals surface area contributed by atoms with Gasteiger partial charge in [0.15, 0.2) is 0 Å². The average molecular weight is 204 g/mol. The Balaban J connectivity index is 2.66. The number of aliphatic hydroxyl groups excluding tert-OH is 1. The molecule has 1 aromatic carbocycles. The van der Waals surface area contributed by atoms with Gasteiger partial charge in [0.05, 0.1) is 11.0 Å². The Morgan fingerprint density at radius 1 is 1.40 bits per heavy atom. The summed E-state index contributed by atoms with van der Waals surface area (Å²) in [6.07, 6.45) is 1.04. The van der Waals surface area contributed by atoms with Crippen molar-refractivity contribution in [1.82, 2.24) is 9.55 Å². The molecule has 0 fully saturated rings. The molecule has 0 spiro atoms. The highest BCUT2D eigenvalue weighted by atomic mass is 16.3. The van der Waals surface area contributed by atoms with Crippen LogP contribution >= 0.6 is 0 Å². The molecule has 0 unspecified atom stereocenters. The molecule has 0 radical (unpaired) electrons. The van der Waals surface area contributed by atoms with Crippen molar-refractivity contribution >= 4 is 11.0 Å². The van der Waals surface area contributed by atoms with E-state index in [-0.39, 0.29) is 6.61 Å². The Morgan fingerprint density at radius 2 is 2.13 bits per heavy atom. The van der Waals surface area contributed by atoms with Crippen molar-refractivity contribution in [2.24, 2.45) is 0 Å². The molecule has 0 aliphatic carbocycles. The summed E-state index contributed by atoms with van der Waals surface area (Å²) in [5.74, 6) is 0.755. The van der Waals surface area contributed by atoms with Crippen LogP contribution in [0, 0.1) is 0 Å². The number of hydrogen-bond donors (Lipinski definition) is 1. The van der Waals surface area contributed by atoms with Crippen LogP contribution in [0.2, 0.25) is 0 Å². The lowest BCUT2D eigenvalue weighted by atomic mass is 10.2. The average Bonchev–Trinajstić information content (AvgIpc) is 2.66. The molecule has 1 heterocycles. The molecule has 80 valence electrons. The van der Waals surface area contributed by atoms with Gasteiger partial charge in [0.25, 0.3) is 0 Å². The minimum atomic E-state index is -0.000972. The van der Waals surface area contributed by atoms with Gasteiger partial charge in [-0.15, -0.1) is 0 Å². The van der Waals surface area contributed by atoms with Crippen LogP contribution in [-0.2, 0) is 6.61 Å². The van der Waals surface area contributed by atoms with Gasteiger partial charge in [-0.3, -0.25) is 0 Å². The van der Waals surface area contributed by atoms with Crippen LogP contribution in [0.1, 0.15) is 32.1 Å². The number of aromatic nitrogens is 2. The third-order valence-corrected chi connectivity index (χ3v) is 2.84. The van der Waals surface area contributed by atoms with Crippen molar-refractivity contribution < 1.29 is 5.11 Å². The van der Waals surface area contributed by atoms with Crippen molar-refractivity contribution in [2.45, 2.75) is 32.9 Å². The zero-order valence-electron chi connectivity index (χ0n) is 9.14. The van der Waals surface area contributed by atoms with E-state index < -0.39 is 0 Å². The van der Waals surface area contributed by atoms with Crippen LogP contribution in [0.15, 0.2) is 24.3 Å². The maximum atomic E-state index is 9.28. The number of para-hydroxylation sites is 2. The maximum absolute atomic E-state index is 9.28. The van der Waals surface area contributed by atoms with E-state index in [9.17, 15) is 5.11 Å². The van der Waals surface area contributed by atoms with Crippen molar-refractivity contribution in [1.29, 1.82) is 0 Å². The summed E-state index contributed by atoms with van der Waals surface area (Å²) in [7, 11) is 0. The molecule has 0 bridgehead atoms. The van der Waals surface area contributed by atoms with Crippen molar-refractivity contribution in [3.8, 4) is 0 Å². The number of imidazole rings is 1. The molecule has 0 amide bonds. The molecule has 3 nitrogen and oxygen atoms in total. The predicted molar refractivity (Wildman–Crippen MR) is 60.7 cm³/mol. The lowest BCUT2D eigenvalue weighted by Gasteiger charge is -2.14. The normalized spacial score (nSPS) is 13.3. The highest BCUT2D eigenvalue weighted by Gasteiger charge is 2.13. The lowest BCUT2D eigenvalue weighted by molar-refractivity contribution is 0.262. The predicted octanol–water partition coefficient (Wildman–Crippen LogP) is 2.50. The first kappa shape index (κ1) is 10.2. The van der Waals surface area contributed by atoms with E-state index in [1.54, 1.807) is 0 Å². The maximum Gasteiger partial charge on any atom is 0.135 e. The fourth-order valence-corrected chi connectivity index (χ4v) is 1.88. The first-order chi connectivity index (χ1) is 7.27. The van der Waals surface area contributed by atoms with E-state index in [1.807, 2.05) is 24.3 Å². The SMILES string of the molecule is CC[C@H](C)n1c(CO)nc2ccccc21.